The summed E-state index contributed by atoms with van der Waals surface area (Å²) in [6, 6.07) is 9.71. The summed E-state index contributed by atoms with van der Waals surface area (Å²) in [5.74, 6) is 0.162. The molecule has 24 heavy (non-hydrogen) atoms. The molecule has 1 aliphatic carbocycles. The predicted molar refractivity (Wildman–Crippen MR) is 94.0 cm³/mol. The lowest BCUT2D eigenvalue weighted by Crippen LogP contribution is -2.10. The number of nitriles is 2. The van der Waals surface area contributed by atoms with Gasteiger partial charge in [0, 0.05) is 17.0 Å². The lowest BCUT2D eigenvalue weighted by atomic mass is 10.0. The van der Waals surface area contributed by atoms with Gasteiger partial charge < -0.3 is 5.73 Å². The molecule has 6 heteroatoms. The van der Waals surface area contributed by atoms with E-state index in [2.05, 4.69) is 22.1 Å². The maximum absolute atomic E-state index is 9.72. The van der Waals surface area contributed by atoms with Gasteiger partial charge in [0.1, 0.15) is 28.5 Å². The molecule has 2 heterocycles. The fraction of sp³-hybridized carbons (Fsp3) is 0.333. The Balaban J connectivity index is 2.12. The number of aromatic nitrogens is 2. The van der Waals surface area contributed by atoms with Crippen LogP contribution in [-0.4, -0.2) is 15.2 Å². The third-order valence-electron chi connectivity index (χ3n) is 4.17. The van der Waals surface area contributed by atoms with Crippen molar-refractivity contribution < 1.29 is 0 Å². The zero-order valence-corrected chi connectivity index (χ0v) is 14.0. The average Bonchev–Trinajstić information content (AvgIpc) is 2.63. The fourth-order valence-electron chi connectivity index (χ4n) is 2.99. The van der Waals surface area contributed by atoms with Gasteiger partial charge in [-0.25, -0.2) is 4.98 Å². The molecule has 0 aliphatic heterocycles. The molecular formula is C18H17N5S. The van der Waals surface area contributed by atoms with Crippen LogP contribution in [0.25, 0.3) is 11.3 Å². The summed E-state index contributed by atoms with van der Waals surface area (Å²) in [7, 11) is 0. The first-order valence-electron chi connectivity index (χ1n) is 7.96. The number of nitrogen functional groups attached to an aromatic ring is 1. The summed E-state index contributed by atoms with van der Waals surface area (Å²) >= 11 is 1.61. The van der Waals surface area contributed by atoms with Crippen molar-refractivity contribution in [1.29, 1.82) is 10.5 Å². The molecule has 1 saturated carbocycles. The predicted octanol–water partition coefficient (Wildman–Crippen LogP) is 3.89. The monoisotopic (exact) mass is 335 g/mol. The van der Waals surface area contributed by atoms with Crippen LogP contribution in [0.15, 0.2) is 29.4 Å². The first-order chi connectivity index (χ1) is 11.7. The molecule has 1 fully saturated rings. The smallest absolute Gasteiger partial charge is 0.143 e. The fourth-order valence-corrected chi connectivity index (χ4v) is 4.29. The van der Waals surface area contributed by atoms with Crippen molar-refractivity contribution in [2.24, 2.45) is 0 Å². The number of nitrogens with zero attached hydrogens (tertiary/aromatic N) is 4. The number of thioether (sulfide) groups is 1. The first kappa shape index (κ1) is 16.3. The quantitative estimate of drug-likeness (QED) is 0.913. The van der Waals surface area contributed by atoms with Crippen molar-refractivity contribution in [3.63, 3.8) is 0 Å². The second kappa shape index (κ2) is 7.33. The molecule has 5 nitrogen and oxygen atoms in total. The normalized spacial score (nSPS) is 14.8. The van der Waals surface area contributed by atoms with E-state index in [9.17, 15) is 10.5 Å². The van der Waals surface area contributed by atoms with E-state index in [0.29, 0.717) is 27.1 Å². The zero-order valence-electron chi connectivity index (χ0n) is 13.2. The van der Waals surface area contributed by atoms with Gasteiger partial charge in [-0.3, -0.25) is 4.98 Å². The largest absolute Gasteiger partial charge is 0.383 e. The van der Waals surface area contributed by atoms with E-state index in [1.54, 1.807) is 30.1 Å². The van der Waals surface area contributed by atoms with Crippen LogP contribution in [0.2, 0.25) is 0 Å². The van der Waals surface area contributed by atoms with E-state index in [1.807, 2.05) is 6.07 Å². The van der Waals surface area contributed by atoms with Crippen molar-refractivity contribution in [3.05, 3.63) is 35.5 Å². The first-order valence-corrected chi connectivity index (χ1v) is 8.84. The summed E-state index contributed by atoms with van der Waals surface area (Å²) in [4.78, 5) is 8.66. The molecule has 0 spiro atoms. The summed E-state index contributed by atoms with van der Waals surface area (Å²) < 4.78 is 0. The molecular weight excluding hydrogens is 318 g/mol. The van der Waals surface area contributed by atoms with Crippen LogP contribution in [0.5, 0.6) is 0 Å². The summed E-state index contributed by atoms with van der Waals surface area (Å²) in [5.41, 5.74) is 7.70. The Labute approximate surface area is 145 Å². The Kier molecular flexibility index (Phi) is 4.98. The highest BCUT2D eigenvalue weighted by Gasteiger charge is 2.24. The topological polar surface area (TPSA) is 99.4 Å². The number of hydrogen-bond donors (Lipinski definition) is 1. The summed E-state index contributed by atoms with van der Waals surface area (Å²) in [6.07, 6.45) is 7.56. The summed E-state index contributed by atoms with van der Waals surface area (Å²) in [5, 5.41) is 20.3. The van der Waals surface area contributed by atoms with E-state index in [0.717, 1.165) is 12.8 Å². The molecule has 0 amide bonds. The highest BCUT2D eigenvalue weighted by atomic mass is 32.2. The highest BCUT2D eigenvalue weighted by molar-refractivity contribution is 7.99. The average molecular weight is 335 g/mol. The third kappa shape index (κ3) is 3.20. The Hall–Kier alpha value is -2.57. The van der Waals surface area contributed by atoms with Crippen molar-refractivity contribution in [2.75, 3.05) is 5.73 Å². The lowest BCUT2D eigenvalue weighted by Gasteiger charge is -2.21. The molecule has 0 bridgehead atoms. The molecule has 0 atom stereocenters. The maximum atomic E-state index is 9.72. The molecule has 0 radical (unpaired) electrons. The van der Waals surface area contributed by atoms with Gasteiger partial charge >= 0.3 is 0 Å². The van der Waals surface area contributed by atoms with Crippen LogP contribution < -0.4 is 5.73 Å². The van der Waals surface area contributed by atoms with Gasteiger partial charge in [0.15, 0.2) is 0 Å². The van der Waals surface area contributed by atoms with E-state index >= 15 is 0 Å². The van der Waals surface area contributed by atoms with Crippen LogP contribution in [0, 0.1) is 22.7 Å². The second-order valence-electron chi connectivity index (χ2n) is 5.74. The molecule has 2 aromatic heterocycles. The molecule has 120 valence electrons. The Bertz CT molecular complexity index is 814. The van der Waals surface area contributed by atoms with Gasteiger partial charge in [-0.2, -0.15) is 10.5 Å². The molecule has 0 unspecified atom stereocenters. The number of nitrogens with two attached hydrogens (primary N) is 1. The van der Waals surface area contributed by atoms with Gasteiger partial charge in [-0.1, -0.05) is 25.3 Å². The van der Waals surface area contributed by atoms with Gasteiger partial charge in [0.25, 0.3) is 0 Å². The van der Waals surface area contributed by atoms with Gasteiger partial charge in [0.2, 0.25) is 0 Å². The Morgan fingerprint density at radius 3 is 2.46 bits per heavy atom. The summed E-state index contributed by atoms with van der Waals surface area (Å²) in [6.45, 7) is 0. The van der Waals surface area contributed by atoms with Crippen LogP contribution in [0.4, 0.5) is 5.82 Å². The number of anilines is 1. The zero-order chi connectivity index (χ0) is 16.9. The van der Waals surface area contributed by atoms with Crippen molar-refractivity contribution >= 4 is 17.6 Å². The highest BCUT2D eigenvalue weighted by Crippen LogP contribution is 2.39. The lowest BCUT2D eigenvalue weighted by molar-refractivity contribution is 0.515. The molecule has 0 aromatic carbocycles. The van der Waals surface area contributed by atoms with Gasteiger partial charge in [-0.15, -0.1) is 11.8 Å². The molecule has 2 aromatic rings. The number of rotatable bonds is 3. The molecule has 0 saturated heterocycles. The van der Waals surface area contributed by atoms with Crippen molar-refractivity contribution in [2.45, 2.75) is 42.4 Å². The minimum atomic E-state index is 0.162. The standard InChI is InChI=1S/C18H17N5S/c19-10-13-16(15-8-4-5-9-22-15)14(11-20)18(23-17(13)21)24-12-6-2-1-3-7-12/h4-5,8-9,12H,1-3,6-7H2,(H2,21,23). The second-order valence-corrected chi connectivity index (χ2v) is 7.03. The number of hydrogen-bond acceptors (Lipinski definition) is 6. The van der Waals surface area contributed by atoms with Gasteiger partial charge in [0.05, 0.1) is 11.3 Å². The van der Waals surface area contributed by atoms with Crippen LogP contribution in [-0.2, 0) is 0 Å². The molecule has 1 aliphatic rings. The van der Waals surface area contributed by atoms with Crippen LogP contribution >= 0.6 is 11.8 Å². The minimum Gasteiger partial charge on any atom is -0.383 e. The molecule has 3 rings (SSSR count). The molecule has 2 N–H and O–H groups in total. The Morgan fingerprint density at radius 1 is 1.08 bits per heavy atom. The van der Waals surface area contributed by atoms with Crippen LogP contribution in [0.3, 0.4) is 0 Å². The Morgan fingerprint density at radius 2 is 1.83 bits per heavy atom. The number of pyridine rings is 2. The minimum absolute atomic E-state index is 0.162. The van der Waals surface area contributed by atoms with E-state index in [4.69, 9.17) is 5.73 Å². The van der Waals surface area contributed by atoms with E-state index in [1.165, 1.54) is 19.3 Å². The maximum Gasteiger partial charge on any atom is 0.143 e. The van der Waals surface area contributed by atoms with Crippen molar-refractivity contribution in [3.8, 4) is 23.4 Å². The van der Waals surface area contributed by atoms with Crippen LogP contribution in [0.1, 0.15) is 43.2 Å². The van der Waals surface area contributed by atoms with E-state index in [-0.39, 0.29) is 11.4 Å². The van der Waals surface area contributed by atoms with E-state index < -0.39 is 0 Å². The van der Waals surface area contributed by atoms with Crippen molar-refractivity contribution in [1.82, 2.24) is 9.97 Å². The third-order valence-corrected chi connectivity index (χ3v) is 5.49. The van der Waals surface area contributed by atoms with Gasteiger partial charge in [-0.05, 0) is 25.0 Å². The SMILES string of the molecule is N#Cc1c(N)nc(SC2CCCCC2)c(C#N)c1-c1ccccn1.